The molecule has 0 amide bonds. The van der Waals surface area contributed by atoms with Crippen LogP contribution >= 0.6 is 23.4 Å². The fourth-order valence-corrected chi connectivity index (χ4v) is 5.16. The van der Waals surface area contributed by atoms with Gasteiger partial charge in [-0.05, 0) is 14.0 Å². The standard InChI is InChI=1S/C16H18ClFN4OS/c1-8-11(17)14-10-13(12(8)18)21(3)16(23)19-15(10)22-5-4-20(2)6-9(22)7-24-14/h9H,4-7H2,1-3H3. The van der Waals surface area contributed by atoms with Gasteiger partial charge in [-0.3, -0.25) is 4.57 Å². The molecular formula is C16H18ClFN4OS. The number of anilines is 1. The summed E-state index contributed by atoms with van der Waals surface area (Å²) in [4.78, 5) is 21.9. The molecular weight excluding hydrogens is 351 g/mol. The Labute approximate surface area is 148 Å². The first kappa shape index (κ1) is 16.2. The molecule has 0 saturated carbocycles. The monoisotopic (exact) mass is 368 g/mol. The van der Waals surface area contributed by atoms with Gasteiger partial charge in [0.15, 0.2) is 5.82 Å². The Morgan fingerprint density at radius 3 is 2.83 bits per heavy atom. The van der Waals surface area contributed by atoms with E-state index < -0.39 is 11.5 Å². The van der Waals surface area contributed by atoms with Crippen molar-refractivity contribution in [2.75, 3.05) is 37.3 Å². The number of hydrogen-bond acceptors (Lipinski definition) is 5. The maximum atomic E-state index is 14.9. The molecule has 128 valence electrons. The van der Waals surface area contributed by atoms with Gasteiger partial charge in [0.2, 0.25) is 0 Å². The second kappa shape index (κ2) is 5.61. The number of aryl methyl sites for hydroxylation is 1. The number of thioether (sulfide) groups is 1. The molecule has 5 nitrogen and oxygen atoms in total. The van der Waals surface area contributed by atoms with E-state index in [2.05, 4.69) is 21.8 Å². The fourth-order valence-electron chi connectivity index (χ4n) is 3.57. The average molecular weight is 369 g/mol. The minimum Gasteiger partial charge on any atom is -0.349 e. The zero-order valence-electron chi connectivity index (χ0n) is 13.8. The van der Waals surface area contributed by atoms with Crippen molar-refractivity contribution in [3.05, 3.63) is 26.9 Å². The topological polar surface area (TPSA) is 41.4 Å². The summed E-state index contributed by atoms with van der Waals surface area (Å²) in [6.07, 6.45) is 0. The van der Waals surface area contributed by atoms with Gasteiger partial charge in [0, 0.05) is 42.9 Å². The van der Waals surface area contributed by atoms with Crippen LogP contribution in [0.1, 0.15) is 5.56 Å². The van der Waals surface area contributed by atoms with Crippen LogP contribution in [0.15, 0.2) is 9.69 Å². The maximum Gasteiger partial charge on any atom is 0.349 e. The van der Waals surface area contributed by atoms with Gasteiger partial charge < -0.3 is 9.80 Å². The molecule has 3 heterocycles. The number of aromatic nitrogens is 2. The van der Waals surface area contributed by atoms with E-state index in [0.717, 1.165) is 30.3 Å². The second-order valence-corrected chi connectivity index (χ2v) is 7.91. The van der Waals surface area contributed by atoms with Crippen LogP contribution < -0.4 is 10.6 Å². The Balaban J connectivity index is 2.11. The van der Waals surface area contributed by atoms with E-state index in [4.69, 9.17) is 11.6 Å². The number of nitrogens with zero attached hydrogens (tertiary/aromatic N) is 4. The summed E-state index contributed by atoms with van der Waals surface area (Å²) in [6, 6.07) is 0.225. The zero-order chi connectivity index (χ0) is 17.2. The van der Waals surface area contributed by atoms with E-state index in [1.54, 1.807) is 25.7 Å². The zero-order valence-corrected chi connectivity index (χ0v) is 15.3. The van der Waals surface area contributed by atoms with Gasteiger partial charge in [0.05, 0.1) is 22.0 Å². The van der Waals surface area contributed by atoms with Crippen molar-refractivity contribution in [1.29, 1.82) is 0 Å². The van der Waals surface area contributed by atoms with E-state index in [1.807, 2.05) is 0 Å². The second-order valence-electron chi connectivity index (χ2n) is 6.50. The minimum absolute atomic E-state index is 0.225. The first-order valence-electron chi connectivity index (χ1n) is 7.86. The molecule has 0 spiro atoms. The molecule has 24 heavy (non-hydrogen) atoms. The summed E-state index contributed by atoms with van der Waals surface area (Å²) >= 11 is 8.10. The predicted octanol–water partition coefficient (Wildman–Crippen LogP) is 2.26. The highest BCUT2D eigenvalue weighted by Gasteiger charge is 2.34. The number of benzene rings is 1. The van der Waals surface area contributed by atoms with Crippen LogP contribution in [0.5, 0.6) is 0 Å². The normalized spacial score (nSPS) is 21.0. The summed E-state index contributed by atoms with van der Waals surface area (Å²) in [7, 11) is 3.65. The summed E-state index contributed by atoms with van der Waals surface area (Å²) in [5, 5.41) is 1.10. The minimum atomic E-state index is -0.436. The summed E-state index contributed by atoms with van der Waals surface area (Å²) < 4.78 is 16.2. The lowest BCUT2D eigenvalue weighted by Gasteiger charge is -2.39. The van der Waals surface area contributed by atoms with Crippen LogP contribution in [0.3, 0.4) is 0 Å². The van der Waals surface area contributed by atoms with Gasteiger partial charge in [-0.2, -0.15) is 4.98 Å². The lowest BCUT2D eigenvalue weighted by molar-refractivity contribution is 0.277. The predicted molar refractivity (Wildman–Crippen MR) is 96.0 cm³/mol. The molecule has 0 bridgehead atoms. The highest BCUT2D eigenvalue weighted by atomic mass is 35.5. The lowest BCUT2D eigenvalue weighted by atomic mass is 10.1. The quantitative estimate of drug-likeness (QED) is 0.713. The number of rotatable bonds is 0. The third-order valence-electron chi connectivity index (χ3n) is 4.96. The van der Waals surface area contributed by atoms with Crippen LogP contribution in [0.25, 0.3) is 10.9 Å². The third-order valence-corrected chi connectivity index (χ3v) is 6.79. The van der Waals surface area contributed by atoms with Crippen LogP contribution in [-0.4, -0.2) is 52.9 Å². The van der Waals surface area contributed by atoms with Crippen molar-refractivity contribution in [2.45, 2.75) is 17.9 Å². The van der Waals surface area contributed by atoms with Gasteiger partial charge in [-0.15, -0.1) is 11.8 Å². The fraction of sp³-hybridized carbons (Fsp3) is 0.500. The van der Waals surface area contributed by atoms with Crippen molar-refractivity contribution in [1.82, 2.24) is 14.5 Å². The number of likely N-dealkylation sites (N-methyl/N-ethyl adjacent to an activating group) is 1. The average Bonchev–Trinajstić information content (AvgIpc) is 2.70. The Morgan fingerprint density at radius 1 is 1.33 bits per heavy atom. The number of fused-ring (bicyclic) bond motifs is 2. The number of halogens is 2. The Hall–Kier alpha value is -1.31. The van der Waals surface area contributed by atoms with E-state index >= 15 is 0 Å². The van der Waals surface area contributed by atoms with Crippen molar-refractivity contribution in [3.8, 4) is 0 Å². The largest absolute Gasteiger partial charge is 0.349 e. The highest BCUT2D eigenvalue weighted by molar-refractivity contribution is 7.99. The van der Waals surface area contributed by atoms with E-state index in [-0.39, 0.29) is 6.04 Å². The molecule has 8 heteroatoms. The smallest absolute Gasteiger partial charge is 0.349 e. The molecule has 0 N–H and O–H groups in total. The Morgan fingerprint density at radius 2 is 2.08 bits per heavy atom. The third kappa shape index (κ3) is 2.18. The van der Waals surface area contributed by atoms with Gasteiger partial charge >= 0.3 is 5.69 Å². The van der Waals surface area contributed by atoms with Crippen LogP contribution in [-0.2, 0) is 7.05 Å². The number of hydrogen-bond donors (Lipinski definition) is 0. The van der Waals surface area contributed by atoms with Crippen molar-refractivity contribution in [2.24, 2.45) is 7.05 Å². The Kier molecular flexibility index (Phi) is 3.78. The molecule has 1 atom stereocenters. The van der Waals surface area contributed by atoms with Crippen molar-refractivity contribution < 1.29 is 4.39 Å². The first-order valence-corrected chi connectivity index (χ1v) is 9.22. The first-order chi connectivity index (χ1) is 11.4. The van der Waals surface area contributed by atoms with E-state index in [9.17, 15) is 9.18 Å². The van der Waals surface area contributed by atoms with Crippen LogP contribution in [0.4, 0.5) is 10.2 Å². The molecule has 1 saturated heterocycles. The summed E-state index contributed by atoms with van der Waals surface area (Å²) in [5.74, 6) is 0.973. The molecule has 1 fully saturated rings. The summed E-state index contributed by atoms with van der Waals surface area (Å²) in [6.45, 7) is 4.20. The van der Waals surface area contributed by atoms with Crippen LogP contribution in [0.2, 0.25) is 5.02 Å². The van der Waals surface area contributed by atoms with Crippen molar-refractivity contribution >= 4 is 40.1 Å². The molecule has 2 aliphatic heterocycles. The van der Waals surface area contributed by atoms with Gasteiger partial charge in [-0.1, -0.05) is 11.6 Å². The van der Waals surface area contributed by atoms with Gasteiger partial charge in [-0.25, -0.2) is 9.18 Å². The molecule has 0 radical (unpaired) electrons. The molecule has 2 aliphatic rings. The molecule has 0 aliphatic carbocycles. The maximum absolute atomic E-state index is 14.9. The van der Waals surface area contributed by atoms with Gasteiger partial charge in [0.25, 0.3) is 0 Å². The van der Waals surface area contributed by atoms with Gasteiger partial charge in [0.1, 0.15) is 5.82 Å². The van der Waals surface area contributed by atoms with Crippen LogP contribution in [0, 0.1) is 12.7 Å². The summed E-state index contributed by atoms with van der Waals surface area (Å²) in [5.41, 5.74) is 0.249. The molecule has 2 aromatic rings. The highest BCUT2D eigenvalue weighted by Crippen LogP contribution is 2.45. The number of piperazine rings is 1. The van der Waals surface area contributed by atoms with E-state index in [0.29, 0.717) is 27.3 Å². The molecule has 1 aromatic carbocycles. The molecule has 4 rings (SSSR count). The SMILES string of the molecule is Cc1c(Cl)c2c3c(nc(=O)n(C)c3c1F)N1CCN(C)CC1CS2. The van der Waals surface area contributed by atoms with Crippen molar-refractivity contribution in [3.63, 3.8) is 0 Å². The van der Waals surface area contributed by atoms with E-state index in [1.165, 1.54) is 4.57 Å². The lowest BCUT2D eigenvalue weighted by Crippen LogP contribution is -2.53. The molecule has 1 unspecified atom stereocenters. The Bertz CT molecular complexity index is 916. The molecule has 1 aromatic heterocycles.